The maximum Gasteiger partial charge on any atom is 0.220 e. The van der Waals surface area contributed by atoms with Gasteiger partial charge >= 0.3 is 0 Å². The minimum Gasteiger partial charge on any atom is -0.423 e. The molecule has 398 valence electrons. The van der Waals surface area contributed by atoms with Crippen molar-refractivity contribution in [2.45, 2.75) is 335 Å². The van der Waals surface area contributed by atoms with E-state index in [9.17, 15) is 24.9 Å². The molecule has 11 heteroatoms. The Labute approximate surface area is 425 Å². The van der Waals surface area contributed by atoms with Crippen LogP contribution in [-0.2, 0) is 14.0 Å². The lowest BCUT2D eigenvalue weighted by molar-refractivity contribution is -0.123. The third-order valence-electron chi connectivity index (χ3n) is 13.3. The number of carbonyl (C=O) groups is 2. The van der Waals surface area contributed by atoms with Gasteiger partial charge in [-0.25, -0.2) is 0 Å². The Balaban J connectivity index is 0. The second-order valence-electron chi connectivity index (χ2n) is 20.3. The molecule has 0 aliphatic rings. The summed E-state index contributed by atoms with van der Waals surface area (Å²) in [6.45, 7) is 8.98. The van der Waals surface area contributed by atoms with Crippen molar-refractivity contribution in [1.82, 2.24) is 10.6 Å². The number of nitrogens with one attached hydrogen (secondary N) is 2. The highest BCUT2D eigenvalue weighted by molar-refractivity contribution is 7.70. The third-order valence-corrected chi connectivity index (χ3v) is 14.2. The summed E-state index contributed by atoms with van der Waals surface area (Å²) in [6.07, 6.45) is 50.0. The van der Waals surface area contributed by atoms with Gasteiger partial charge in [-0.15, -0.1) is 8.73 Å². The van der Waals surface area contributed by atoms with Crippen molar-refractivity contribution in [2.75, 3.05) is 13.2 Å². The zero-order valence-electron chi connectivity index (χ0n) is 47.0. The summed E-state index contributed by atoms with van der Waals surface area (Å²) in [5.41, 5.74) is 0. The van der Waals surface area contributed by atoms with Crippen LogP contribution in [-0.4, -0.2) is 83.1 Å². The molecule has 0 spiro atoms. The first-order valence-corrected chi connectivity index (χ1v) is 32.1. The number of rotatable bonds is 53. The van der Waals surface area contributed by atoms with Crippen molar-refractivity contribution in [3.8, 4) is 0 Å². The van der Waals surface area contributed by atoms with Crippen molar-refractivity contribution in [2.24, 2.45) is 0 Å². The third kappa shape index (κ3) is 56.3. The summed E-state index contributed by atoms with van der Waals surface area (Å²) in [7, 11) is 2.07. The molecule has 0 fully saturated rings. The molecular formula is C56H116BN2O6PSi. The molecule has 0 rings (SSSR count). The van der Waals surface area contributed by atoms with Gasteiger partial charge in [0.2, 0.25) is 11.8 Å². The van der Waals surface area contributed by atoms with Crippen LogP contribution in [0.4, 0.5) is 0 Å². The van der Waals surface area contributed by atoms with Crippen LogP contribution in [0.15, 0.2) is 0 Å². The van der Waals surface area contributed by atoms with E-state index in [2.05, 4.69) is 38.3 Å². The van der Waals surface area contributed by atoms with E-state index < -0.39 is 29.5 Å². The summed E-state index contributed by atoms with van der Waals surface area (Å²) in [6, 6.07) is -0.680. The van der Waals surface area contributed by atoms with E-state index in [0.717, 1.165) is 57.8 Å². The Kier molecular flexibility index (Phi) is 54.3. The fourth-order valence-corrected chi connectivity index (χ4v) is 9.59. The molecule has 2 amide bonds. The molecule has 0 aromatic carbocycles. The first-order valence-electron chi connectivity index (χ1n) is 30.2. The van der Waals surface area contributed by atoms with Gasteiger partial charge in [0.1, 0.15) is 8.51 Å². The molecule has 2 radical (unpaired) electrons. The molecule has 8 nitrogen and oxygen atoms in total. The van der Waals surface area contributed by atoms with Crippen molar-refractivity contribution in [1.29, 1.82) is 2.51 Å². The van der Waals surface area contributed by atoms with Gasteiger partial charge in [-0.3, -0.25) is 9.59 Å². The number of aliphatic hydroxyl groups is 3. The van der Waals surface area contributed by atoms with E-state index in [-0.39, 0.29) is 37.1 Å². The molecule has 0 heterocycles. The van der Waals surface area contributed by atoms with Gasteiger partial charge in [-0.05, 0) is 38.5 Å². The van der Waals surface area contributed by atoms with Gasteiger partial charge in [0.25, 0.3) is 0 Å². The lowest BCUT2D eigenvalue weighted by Crippen LogP contribution is -2.41. The highest BCUT2D eigenvalue weighted by Crippen LogP contribution is 2.17. The Bertz CT molecular complexity index is 1080. The lowest BCUT2D eigenvalue weighted by Gasteiger charge is -2.23. The highest BCUT2D eigenvalue weighted by atomic mass is 31.3. The van der Waals surface area contributed by atoms with Crippen LogP contribution in [0, 0.1) is 0 Å². The van der Waals surface area contributed by atoms with Crippen LogP contribution in [0.5, 0.6) is 0 Å². The number of aliphatic hydroxyl groups excluding tert-OH is 3. The number of hydrogen-bond acceptors (Lipinski definition) is 6. The molecule has 0 bridgehead atoms. The zero-order valence-corrected chi connectivity index (χ0v) is 47.0. The van der Waals surface area contributed by atoms with Crippen LogP contribution in [0.25, 0.3) is 0 Å². The molecule has 0 aromatic heterocycles. The molecule has 0 aliphatic heterocycles. The van der Waals surface area contributed by atoms with Gasteiger partial charge in [0.05, 0.1) is 46.2 Å². The predicted molar refractivity (Wildman–Crippen MR) is 297 cm³/mol. The van der Waals surface area contributed by atoms with Crippen LogP contribution in [0.3, 0.4) is 0 Å². The summed E-state index contributed by atoms with van der Waals surface area (Å²) >= 11 is 0. The Morgan fingerprint density at radius 2 is 0.776 bits per heavy atom. The summed E-state index contributed by atoms with van der Waals surface area (Å²) in [5, 5.41) is 36.3. The minimum atomic E-state index is -3.24. The van der Waals surface area contributed by atoms with Crippen molar-refractivity contribution >= 4 is 36.5 Å². The summed E-state index contributed by atoms with van der Waals surface area (Å²) < 4.78 is 20.9. The molecule has 4 unspecified atom stereocenters. The predicted octanol–water partition coefficient (Wildman–Crippen LogP) is 14.7. The Hall–Kier alpha value is -0.508. The molecular weight excluding hydrogens is 866 g/mol. The van der Waals surface area contributed by atoms with Gasteiger partial charge in [-0.1, -0.05) is 259 Å². The fourth-order valence-electron chi connectivity index (χ4n) is 8.96. The molecule has 67 heavy (non-hydrogen) atoms. The topological polar surface area (TPSA) is 128 Å². The van der Waals surface area contributed by atoms with E-state index in [1.807, 2.05) is 0 Å². The first-order chi connectivity index (χ1) is 33.5. The number of unbranched alkanes of at least 4 members (excludes halogenated alkanes) is 34. The summed E-state index contributed by atoms with van der Waals surface area (Å²) in [5.74, 6) is -0.00866. The average molecular weight is 986 g/mol. The molecule has 5 N–H and O–H groups in total. The average Bonchev–Trinajstić information content (AvgIpc) is 3.33. The monoisotopic (exact) mass is 986 g/mol. The maximum absolute atomic E-state index is 12.5. The smallest absolute Gasteiger partial charge is 0.220 e. The van der Waals surface area contributed by atoms with E-state index in [1.54, 1.807) is 0 Å². The SMILES string of the molecule is CCCCCCCCCCCCCC(=O)N[C@@H](CO)CC(O)CCCCCCCCCC.[2H][Si]([B])(OC[C@@H](CC(O)CCCCCCCCCC)NC(=O)CCCCCCCCCCCCC)P[3H]. The van der Waals surface area contributed by atoms with E-state index in [0.29, 0.717) is 32.1 Å². The molecule has 0 saturated carbocycles. The van der Waals surface area contributed by atoms with Crippen LogP contribution >= 0.6 is 8.73 Å². The van der Waals surface area contributed by atoms with E-state index in [4.69, 9.17) is 14.4 Å². The zero-order chi connectivity index (χ0) is 51.3. The second kappa shape index (κ2) is 56.4. The van der Waals surface area contributed by atoms with E-state index >= 15 is 0 Å². The molecule has 0 aromatic rings. The Morgan fingerprint density at radius 1 is 0.507 bits per heavy atom. The summed E-state index contributed by atoms with van der Waals surface area (Å²) in [4.78, 5) is 24.7. The van der Waals surface area contributed by atoms with Crippen molar-refractivity contribution in [3.05, 3.63) is 0 Å². The minimum absolute atomic E-state index is 0.0132. The maximum atomic E-state index is 12.5. The molecule has 0 aliphatic carbocycles. The normalized spacial score (nSPS) is 14.7. The van der Waals surface area contributed by atoms with E-state index in [1.165, 1.54) is 193 Å². The largest absolute Gasteiger partial charge is 0.423 e. The quantitative estimate of drug-likeness (QED) is 0.0235. The van der Waals surface area contributed by atoms with Gasteiger partial charge in [0, 0.05) is 14.1 Å². The molecule has 6 atom stereocenters. The van der Waals surface area contributed by atoms with Crippen LogP contribution < -0.4 is 10.6 Å². The van der Waals surface area contributed by atoms with Gasteiger partial charge < -0.3 is 30.4 Å². The standard InChI is InChI=1S/C28H59BNO3PSi.C28H57NO3/c1-3-5-7-9-11-13-14-15-17-19-21-23-28(32)30-26(25-33-35(29)34)24-27(31)22-20-18-16-12-10-8-6-4-2;1-3-5-7-9-11-13-14-15-17-19-21-23-28(32)29-26(25-30)24-27(31)22-20-18-16-12-10-8-6-4-2/h26-27,31,35H,3-25,34H2,1-2H3,(H,30,32);26-27,30-31H,3-25H2,1-2H3,(H,29,32)/t26-,27?,35?;26-,27?/m11/s1/i34T,35D;/t26-,27?,34?,35?;. The van der Waals surface area contributed by atoms with Crippen molar-refractivity contribution in [3.63, 3.8) is 0 Å². The lowest BCUT2D eigenvalue weighted by atomic mass is 10.0. The van der Waals surface area contributed by atoms with Crippen molar-refractivity contribution < 1.29 is 29.3 Å². The number of hydrogen-bond donors (Lipinski definition) is 5. The van der Waals surface area contributed by atoms with Crippen LogP contribution in [0.1, 0.15) is 310 Å². The Morgan fingerprint density at radius 3 is 1.07 bits per heavy atom. The fraction of sp³-hybridized carbons (Fsp3) is 0.964. The second-order valence-corrected chi connectivity index (χ2v) is 22.8. The van der Waals surface area contributed by atoms with Gasteiger partial charge in [-0.2, -0.15) is 0 Å². The molecule has 0 saturated heterocycles. The van der Waals surface area contributed by atoms with Crippen LogP contribution in [0.2, 0.25) is 0 Å². The number of carbonyl (C=O) groups excluding carboxylic acids is 2. The van der Waals surface area contributed by atoms with Gasteiger partial charge in [0.15, 0.2) is 0 Å². The number of amides is 2. The first kappa shape index (κ1) is 64.5. The highest BCUT2D eigenvalue weighted by Gasteiger charge is 2.18.